The van der Waals surface area contributed by atoms with Gasteiger partial charge < -0.3 is 5.73 Å². The molecule has 21 heavy (non-hydrogen) atoms. The van der Waals surface area contributed by atoms with Crippen molar-refractivity contribution in [3.05, 3.63) is 30.1 Å². The minimum Gasteiger partial charge on any atom is -0.369 e. The van der Waals surface area contributed by atoms with Crippen LogP contribution in [0.4, 0.5) is 4.39 Å². The van der Waals surface area contributed by atoms with Crippen LogP contribution in [-0.2, 0) is 14.8 Å². The largest absolute Gasteiger partial charge is 0.369 e. The number of hydrogen-bond donors (Lipinski definition) is 1. The molecule has 1 aromatic rings. The van der Waals surface area contributed by atoms with Crippen LogP contribution >= 0.6 is 0 Å². The van der Waals surface area contributed by atoms with Gasteiger partial charge in [-0.2, -0.15) is 4.31 Å². The normalized spacial score (nSPS) is 18.3. The van der Waals surface area contributed by atoms with Gasteiger partial charge in [0.2, 0.25) is 15.9 Å². The van der Waals surface area contributed by atoms with Crippen molar-refractivity contribution < 1.29 is 17.6 Å². The standard InChI is InChI=1S/C13H18FN3O3S/c14-11-2-4-12(5-3-11)21(19,20)17-7-1-6-16(8-9-17)10-13(15)18/h2-5H,1,6-10H2,(H2,15,18). The first-order valence-electron chi connectivity index (χ1n) is 6.66. The van der Waals surface area contributed by atoms with Crippen molar-refractivity contribution in [3.63, 3.8) is 0 Å². The lowest BCUT2D eigenvalue weighted by Crippen LogP contribution is -2.38. The number of benzene rings is 1. The molecule has 0 aliphatic carbocycles. The van der Waals surface area contributed by atoms with Crippen LogP contribution in [0.25, 0.3) is 0 Å². The number of hydrogen-bond acceptors (Lipinski definition) is 4. The van der Waals surface area contributed by atoms with E-state index in [4.69, 9.17) is 5.73 Å². The van der Waals surface area contributed by atoms with Gasteiger partial charge in [-0.3, -0.25) is 9.69 Å². The maximum absolute atomic E-state index is 12.9. The molecule has 1 saturated heterocycles. The van der Waals surface area contributed by atoms with Crippen molar-refractivity contribution in [3.8, 4) is 0 Å². The molecule has 6 nitrogen and oxygen atoms in total. The fourth-order valence-corrected chi connectivity index (χ4v) is 3.79. The number of halogens is 1. The molecule has 116 valence electrons. The van der Waals surface area contributed by atoms with Crippen LogP contribution in [0.15, 0.2) is 29.2 Å². The molecule has 8 heteroatoms. The minimum absolute atomic E-state index is 0.0762. The Kier molecular flexibility index (Phi) is 4.92. The van der Waals surface area contributed by atoms with Crippen molar-refractivity contribution in [2.45, 2.75) is 11.3 Å². The van der Waals surface area contributed by atoms with Gasteiger partial charge in [0.05, 0.1) is 11.4 Å². The first-order valence-corrected chi connectivity index (χ1v) is 8.10. The van der Waals surface area contributed by atoms with E-state index in [-0.39, 0.29) is 18.0 Å². The SMILES string of the molecule is NC(=O)CN1CCCN(S(=O)(=O)c2ccc(F)cc2)CC1. The lowest BCUT2D eigenvalue weighted by atomic mass is 10.4. The van der Waals surface area contributed by atoms with Gasteiger partial charge >= 0.3 is 0 Å². The van der Waals surface area contributed by atoms with E-state index in [1.807, 2.05) is 4.90 Å². The topological polar surface area (TPSA) is 83.7 Å². The van der Waals surface area contributed by atoms with E-state index < -0.39 is 21.7 Å². The Morgan fingerprint density at radius 2 is 1.81 bits per heavy atom. The van der Waals surface area contributed by atoms with Gasteiger partial charge in [0.15, 0.2) is 0 Å². The molecule has 0 atom stereocenters. The molecule has 0 spiro atoms. The highest BCUT2D eigenvalue weighted by molar-refractivity contribution is 7.89. The molecule has 2 N–H and O–H groups in total. The molecule has 1 aliphatic heterocycles. The first kappa shape index (κ1) is 15.9. The van der Waals surface area contributed by atoms with Gasteiger partial charge in [0.1, 0.15) is 5.82 Å². The maximum atomic E-state index is 12.9. The number of carbonyl (C=O) groups excluding carboxylic acids is 1. The molecular formula is C13H18FN3O3S. The summed E-state index contributed by atoms with van der Waals surface area (Å²) in [6, 6.07) is 4.78. The molecule has 0 saturated carbocycles. The van der Waals surface area contributed by atoms with Gasteiger partial charge in [0, 0.05) is 19.6 Å². The van der Waals surface area contributed by atoms with Crippen LogP contribution in [0.1, 0.15) is 6.42 Å². The summed E-state index contributed by atoms with van der Waals surface area (Å²) in [5, 5.41) is 0. The second kappa shape index (κ2) is 6.50. The predicted molar refractivity (Wildman–Crippen MR) is 75.4 cm³/mol. The number of amides is 1. The molecular weight excluding hydrogens is 297 g/mol. The molecule has 2 rings (SSSR count). The van der Waals surface area contributed by atoms with Crippen molar-refractivity contribution >= 4 is 15.9 Å². The molecule has 1 amide bonds. The third-order valence-electron chi connectivity index (χ3n) is 3.38. The Bertz CT molecular complexity index is 604. The average molecular weight is 315 g/mol. The second-order valence-corrected chi connectivity index (χ2v) is 6.89. The molecule has 0 aromatic heterocycles. The summed E-state index contributed by atoms with van der Waals surface area (Å²) in [7, 11) is -3.63. The molecule has 1 fully saturated rings. The van der Waals surface area contributed by atoms with Crippen LogP contribution in [-0.4, -0.2) is 56.3 Å². The fraction of sp³-hybridized carbons (Fsp3) is 0.462. The predicted octanol–water partition coefficient (Wildman–Crippen LogP) is 0.00740. The molecule has 1 heterocycles. The Balaban J connectivity index is 2.10. The Labute approximate surface area is 123 Å². The van der Waals surface area contributed by atoms with E-state index >= 15 is 0 Å². The van der Waals surface area contributed by atoms with E-state index in [2.05, 4.69) is 0 Å². The fourth-order valence-electron chi connectivity index (χ4n) is 2.32. The van der Waals surface area contributed by atoms with Gasteiger partial charge in [-0.25, -0.2) is 12.8 Å². The summed E-state index contributed by atoms with van der Waals surface area (Å²) in [5.41, 5.74) is 5.15. The van der Waals surface area contributed by atoms with E-state index in [0.29, 0.717) is 26.1 Å². The lowest BCUT2D eigenvalue weighted by Gasteiger charge is -2.21. The van der Waals surface area contributed by atoms with Crippen LogP contribution in [0.2, 0.25) is 0 Å². The van der Waals surface area contributed by atoms with E-state index in [9.17, 15) is 17.6 Å². The average Bonchev–Trinajstić information content (AvgIpc) is 2.64. The highest BCUT2D eigenvalue weighted by Crippen LogP contribution is 2.18. The van der Waals surface area contributed by atoms with E-state index in [1.165, 1.54) is 16.4 Å². The van der Waals surface area contributed by atoms with E-state index in [0.717, 1.165) is 12.1 Å². The smallest absolute Gasteiger partial charge is 0.243 e. The Hall–Kier alpha value is -1.51. The quantitative estimate of drug-likeness (QED) is 0.848. The minimum atomic E-state index is -3.63. The number of primary amides is 1. The summed E-state index contributed by atoms with van der Waals surface area (Å²) in [6.07, 6.45) is 0.619. The van der Waals surface area contributed by atoms with Gasteiger partial charge in [-0.05, 0) is 37.2 Å². The highest BCUT2D eigenvalue weighted by Gasteiger charge is 2.27. The van der Waals surface area contributed by atoms with E-state index in [1.54, 1.807) is 0 Å². The van der Waals surface area contributed by atoms with Crippen molar-refractivity contribution in [2.75, 3.05) is 32.7 Å². The lowest BCUT2D eigenvalue weighted by molar-refractivity contribution is -0.119. The number of rotatable bonds is 4. The summed E-state index contributed by atoms with van der Waals surface area (Å²) >= 11 is 0. The summed E-state index contributed by atoms with van der Waals surface area (Å²) in [5.74, 6) is -0.901. The Morgan fingerprint density at radius 3 is 2.43 bits per heavy atom. The third-order valence-corrected chi connectivity index (χ3v) is 5.29. The summed E-state index contributed by atoms with van der Waals surface area (Å²) < 4.78 is 39.2. The molecule has 0 radical (unpaired) electrons. The molecule has 1 aromatic carbocycles. The zero-order valence-electron chi connectivity index (χ0n) is 11.5. The van der Waals surface area contributed by atoms with Gasteiger partial charge in [-0.1, -0.05) is 0 Å². The van der Waals surface area contributed by atoms with Crippen molar-refractivity contribution in [2.24, 2.45) is 5.73 Å². The van der Waals surface area contributed by atoms with Crippen LogP contribution in [0.3, 0.4) is 0 Å². The van der Waals surface area contributed by atoms with Gasteiger partial charge in [0.25, 0.3) is 0 Å². The van der Waals surface area contributed by atoms with Crippen LogP contribution < -0.4 is 5.73 Å². The monoisotopic (exact) mass is 315 g/mol. The first-order chi connectivity index (χ1) is 9.89. The molecule has 0 bridgehead atoms. The summed E-state index contributed by atoms with van der Waals surface area (Å²) in [4.78, 5) is 12.8. The second-order valence-electron chi connectivity index (χ2n) is 4.95. The molecule has 1 aliphatic rings. The zero-order chi connectivity index (χ0) is 15.5. The maximum Gasteiger partial charge on any atom is 0.243 e. The van der Waals surface area contributed by atoms with Crippen LogP contribution in [0.5, 0.6) is 0 Å². The van der Waals surface area contributed by atoms with Crippen LogP contribution in [0, 0.1) is 5.82 Å². The number of nitrogens with two attached hydrogens (primary N) is 1. The number of sulfonamides is 1. The Morgan fingerprint density at radius 1 is 1.14 bits per heavy atom. The zero-order valence-corrected chi connectivity index (χ0v) is 12.4. The molecule has 0 unspecified atom stereocenters. The third kappa shape index (κ3) is 3.99. The van der Waals surface area contributed by atoms with Crippen molar-refractivity contribution in [1.29, 1.82) is 0 Å². The highest BCUT2D eigenvalue weighted by atomic mass is 32.2. The number of nitrogens with zero attached hydrogens (tertiary/aromatic N) is 2. The number of carbonyl (C=O) groups is 1. The van der Waals surface area contributed by atoms with Gasteiger partial charge in [-0.15, -0.1) is 0 Å². The van der Waals surface area contributed by atoms with Crippen molar-refractivity contribution in [1.82, 2.24) is 9.21 Å². The summed E-state index contributed by atoms with van der Waals surface area (Å²) in [6.45, 7) is 1.86.